The maximum atomic E-state index is 5.70. The maximum Gasteiger partial charge on any atom is 0.240 e. The number of hydrogen-bond donors (Lipinski definition) is 1. The molecule has 5 nitrogen and oxygen atoms in total. The van der Waals surface area contributed by atoms with Crippen molar-refractivity contribution >= 4 is 0 Å². The molecule has 0 saturated heterocycles. The summed E-state index contributed by atoms with van der Waals surface area (Å²) in [5.74, 6) is 1.37. The van der Waals surface area contributed by atoms with Gasteiger partial charge in [-0.1, -0.05) is 31.3 Å². The van der Waals surface area contributed by atoms with Crippen LogP contribution in [0.5, 0.6) is 0 Å². The first-order chi connectivity index (χ1) is 8.80. The third-order valence-corrected chi connectivity index (χ3v) is 3.63. The SMILES string of the molecule is CCCNCc1nc(C2(OC)CCCCC2)no1. The molecule has 5 heteroatoms. The molecule has 0 unspecified atom stereocenters. The third kappa shape index (κ3) is 2.90. The van der Waals surface area contributed by atoms with Crippen LogP contribution in [0.1, 0.15) is 57.2 Å². The van der Waals surface area contributed by atoms with E-state index in [1.54, 1.807) is 7.11 Å². The van der Waals surface area contributed by atoms with Gasteiger partial charge < -0.3 is 14.6 Å². The highest BCUT2D eigenvalue weighted by Gasteiger charge is 2.38. The Morgan fingerprint density at radius 2 is 2.11 bits per heavy atom. The van der Waals surface area contributed by atoms with Gasteiger partial charge in [-0.3, -0.25) is 0 Å². The molecule has 1 aliphatic rings. The second kappa shape index (κ2) is 6.29. The molecule has 1 aliphatic carbocycles. The summed E-state index contributed by atoms with van der Waals surface area (Å²) in [5, 5.41) is 7.37. The quantitative estimate of drug-likeness (QED) is 0.789. The number of nitrogens with one attached hydrogen (secondary N) is 1. The smallest absolute Gasteiger partial charge is 0.240 e. The Bertz CT molecular complexity index is 359. The van der Waals surface area contributed by atoms with Crippen molar-refractivity contribution in [3.8, 4) is 0 Å². The van der Waals surface area contributed by atoms with E-state index in [1.165, 1.54) is 19.3 Å². The summed E-state index contributed by atoms with van der Waals surface area (Å²) in [5.41, 5.74) is -0.315. The van der Waals surface area contributed by atoms with Crippen molar-refractivity contribution in [3.05, 3.63) is 11.7 Å². The molecule has 2 rings (SSSR count). The van der Waals surface area contributed by atoms with E-state index in [0.29, 0.717) is 12.4 Å². The Morgan fingerprint density at radius 3 is 2.78 bits per heavy atom. The van der Waals surface area contributed by atoms with Crippen LogP contribution in [0, 0.1) is 0 Å². The van der Waals surface area contributed by atoms with E-state index in [4.69, 9.17) is 9.26 Å². The van der Waals surface area contributed by atoms with Crippen LogP contribution in [0.3, 0.4) is 0 Å². The van der Waals surface area contributed by atoms with Crippen LogP contribution in [0.25, 0.3) is 0 Å². The van der Waals surface area contributed by atoms with E-state index >= 15 is 0 Å². The number of ether oxygens (including phenoxy) is 1. The number of aromatic nitrogens is 2. The summed E-state index contributed by atoms with van der Waals surface area (Å²) in [6.45, 7) is 3.74. The highest BCUT2D eigenvalue weighted by atomic mass is 16.5. The van der Waals surface area contributed by atoms with Gasteiger partial charge in [-0.25, -0.2) is 0 Å². The summed E-state index contributed by atoms with van der Waals surface area (Å²) < 4.78 is 11.0. The Labute approximate surface area is 108 Å². The third-order valence-electron chi connectivity index (χ3n) is 3.63. The minimum Gasteiger partial charge on any atom is -0.370 e. The number of nitrogens with zero attached hydrogens (tertiary/aromatic N) is 2. The molecule has 1 aromatic rings. The fourth-order valence-electron chi connectivity index (χ4n) is 2.53. The first-order valence-corrected chi connectivity index (χ1v) is 6.89. The zero-order valence-electron chi connectivity index (χ0n) is 11.4. The van der Waals surface area contributed by atoms with Crippen molar-refractivity contribution in [1.82, 2.24) is 15.5 Å². The molecule has 1 aromatic heterocycles. The van der Waals surface area contributed by atoms with E-state index in [-0.39, 0.29) is 5.60 Å². The Hall–Kier alpha value is -0.940. The van der Waals surface area contributed by atoms with Gasteiger partial charge in [0.25, 0.3) is 0 Å². The molecule has 1 saturated carbocycles. The molecule has 1 fully saturated rings. The normalized spacial score (nSPS) is 19.0. The van der Waals surface area contributed by atoms with Gasteiger partial charge in [-0.15, -0.1) is 0 Å². The van der Waals surface area contributed by atoms with Crippen molar-refractivity contribution in [2.75, 3.05) is 13.7 Å². The summed E-state index contributed by atoms with van der Waals surface area (Å²) >= 11 is 0. The Kier molecular flexibility index (Phi) is 4.72. The summed E-state index contributed by atoms with van der Waals surface area (Å²) in [6.07, 6.45) is 6.70. The van der Waals surface area contributed by atoms with Crippen LogP contribution in [-0.4, -0.2) is 23.8 Å². The molecule has 0 radical (unpaired) electrons. The highest BCUT2D eigenvalue weighted by Crippen LogP contribution is 2.38. The minimum absolute atomic E-state index is 0.315. The van der Waals surface area contributed by atoms with Crippen molar-refractivity contribution in [1.29, 1.82) is 0 Å². The zero-order chi connectivity index (χ0) is 12.8. The lowest BCUT2D eigenvalue weighted by Crippen LogP contribution is -2.32. The molecular weight excluding hydrogens is 230 g/mol. The van der Waals surface area contributed by atoms with Gasteiger partial charge in [0, 0.05) is 7.11 Å². The van der Waals surface area contributed by atoms with Crippen molar-refractivity contribution in [2.45, 2.75) is 57.6 Å². The lowest BCUT2D eigenvalue weighted by atomic mass is 9.84. The second-order valence-electron chi connectivity index (χ2n) is 4.95. The predicted octanol–water partition coefficient (Wildman–Crippen LogP) is 2.38. The monoisotopic (exact) mass is 253 g/mol. The largest absolute Gasteiger partial charge is 0.370 e. The minimum atomic E-state index is -0.315. The molecular formula is C13H23N3O2. The summed E-state index contributed by atoms with van der Waals surface area (Å²) in [7, 11) is 1.75. The number of rotatable bonds is 6. The van der Waals surface area contributed by atoms with Crippen molar-refractivity contribution in [2.24, 2.45) is 0 Å². The molecule has 1 N–H and O–H groups in total. The van der Waals surface area contributed by atoms with E-state index in [9.17, 15) is 0 Å². The zero-order valence-corrected chi connectivity index (χ0v) is 11.4. The first-order valence-electron chi connectivity index (χ1n) is 6.89. The van der Waals surface area contributed by atoms with Crippen LogP contribution in [0.2, 0.25) is 0 Å². The average Bonchev–Trinajstić information content (AvgIpc) is 2.89. The number of hydrogen-bond acceptors (Lipinski definition) is 5. The molecule has 0 aromatic carbocycles. The van der Waals surface area contributed by atoms with Crippen molar-refractivity contribution in [3.63, 3.8) is 0 Å². The maximum absolute atomic E-state index is 5.70. The van der Waals surface area contributed by atoms with E-state index < -0.39 is 0 Å². The average molecular weight is 253 g/mol. The molecule has 0 atom stereocenters. The van der Waals surface area contributed by atoms with Gasteiger partial charge in [0.1, 0.15) is 5.60 Å². The molecule has 0 amide bonds. The molecule has 102 valence electrons. The fourth-order valence-corrected chi connectivity index (χ4v) is 2.53. The van der Waals surface area contributed by atoms with E-state index in [2.05, 4.69) is 22.4 Å². The van der Waals surface area contributed by atoms with Crippen molar-refractivity contribution < 1.29 is 9.26 Å². The van der Waals surface area contributed by atoms with Gasteiger partial charge in [0.15, 0.2) is 0 Å². The summed E-state index contributed by atoms with van der Waals surface area (Å²) in [6, 6.07) is 0. The Balaban J connectivity index is 2.02. The molecule has 0 spiro atoms. The predicted molar refractivity (Wildman–Crippen MR) is 68.1 cm³/mol. The fraction of sp³-hybridized carbons (Fsp3) is 0.846. The topological polar surface area (TPSA) is 60.2 Å². The van der Waals surface area contributed by atoms with Crippen LogP contribution < -0.4 is 5.32 Å². The first kappa shape index (κ1) is 13.5. The Morgan fingerprint density at radius 1 is 1.33 bits per heavy atom. The lowest BCUT2D eigenvalue weighted by molar-refractivity contribution is -0.0527. The van der Waals surface area contributed by atoms with Gasteiger partial charge in [-0.05, 0) is 25.8 Å². The lowest BCUT2D eigenvalue weighted by Gasteiger charge is -2.32. The van der Waals surface area contributed by atoms with Gasteiger partial charge in [0.2, 0.25) is 11.7 Å². The molecule has 0 bridgehead atoms. The van der Waals surface area contributed by atoms with Crippen LogP contribution in [-0.2, 0) is 16.9 Å². The highest BCUT2D eigenvalue weighted by molar-refractivity contribution is 5.03. The van der Waals surface area contributed by atoms with Gasteiger partial charge in [-0.2, -0.15) is 4.98 Å². The van der Waals surface area contributed by atoms with Gasteiger partial charge in [0.05, 0.1) is 6.54 Å². The van der Waals surface area contributed by atoms with E-state index in [0.717, 1.165) is 31.6 Å². The standard InChI is InChI=1S/C13H23N3O2/c1-3-9-14-10-11-15-12(16-18-11)13(17-2)7-5-4-6-8-13/h14H,3-10H2,1-2H3. The molecule has 0 aliphatic heterocycles. The second-order valence-corrected chi connectivity index (χ2v) is 4.95. The van der Waals surface area contributed by atoms with Crippen LogP contribution in [0.4, 0.5) is 0 Å². The van der Waals surface area contributed by atoms with Crippen LogP contribution in [0.15, 0.2) is 4.52 Å². The molecule has 18 heavy (non-hydrogen) atoms. The van der Waals surface area contributed by atoms with Crippen LogP contribution >= 0.6 is 0 Å². The van der Waals surface area contributed by atoms with Gasteiger partial charge >= 0.3 is 0 Å². The number of methoxy groups -OCH3 is 1. The summed E-state index contributed by atoms with van der Waals surface area (Å²) in [4.78, 5) is 4.48. The molecule has 1 heterocycles. The van der Waals surface area contributed by atoms with E-state index in [1.807, 2.05) is 0 Å².